The van der Waals surface area contributed by atoms with Gasteiger partial charge in [-0.1, -0.05) is 30.3 Å². The Kier molecular flexibility index (Phi) is 10.4. The molecule has 0 aromatic heterocycles. The number of carbonyl (C=O) groups excluding carboxylic acids is 4. The molecule has 9 heteroatoms. The topological polar surface area (TPSA) is 117 Å². The maximum Gasteiger partial charge on any atom is 0.408 e. The van der Waals surface area contributed by atoms with E-state index in [0.29, 0.717) is 0 Å². The first-order valence-corrected chi connectivity index (χ1v) is 9.59. The molecule has 1 rings (SSSR count). The van der Waals surface area contributed by atoms with Gasteiger partial charge in [0.15, 0.2) is 6.61 Å². The molecule has 0 saturated carbocycles. The van der Waals surface area contributed by atoms with Crippen molar-refractivity contribution in [1.82, 2.24) is 5.32 Å². The predicted molar refractivity (Wildman–Crippen MR) is 106 cm³/mol. The van der Waals surface area contributed by atoms with Crippen molar-refractivity contribution in [3.63, 3.8) is 0 Å². The third kappa shape index (κ3) is 11.7. The molecule has 1 atom stereocenters. The van der Waals surface area contributed by atoms with Crippen molar-refractivity contribution in [3.05, 3.63) is 35.9 Å². The Bertz CT molecular complexity index is 711. The van der Waals surface area contributed by atoms with E-state index in [1.807, 2.05) is 30.3 Å². The van der Waals surface area contributed by atoms with Crippen molar-refractivity contribution in [3.8, 4) is 0 Å². The van der Waals surface area contributed by atoms with Crippen LogP contribution in [0.5, 0.6) is 0 Å². The van der Waals surface area contributed by atoms with Crippen LogP contribution in [0.4, 0.5) is 4.79 Å². The molecule has 0 saturated heterocycles. The molecule has 1 aromatic carbocycles. The highest BCUT2D eigenvalue weighted by atomic mass is 16.6. The number of benzene rings is 1. The SMILES string of the molecule is C[C@@H](OC(=O)CCCOC(=O)COC(=O)CNC(=O)OC(C)(C)C)c1ccccc1. The van der Waals surface area contributed by atoms with Crippen LogP contribution < -0.4 is 5.32 Å². The molecule has 166 valence electrons. The summed E-state index contributed by atoms with van der Waals surface area (Å²) in [6, 6.07) is 9.33. The summed E-state index contributed by atoms with van der Waals surface area (Å²) in [5, 5.41) is 2.22. The fraction of sp³-hybridized carbons (Fsp3) is 0.524. The van der Waals surface area contributed by atoms with E-state index >= 15 is 0 Å². The fourth-order valence-electron chi connectivity index (χ4n) is 2.14. The average molecular weight is 423 g/mol. The first-order valence-electron chi connectivity index (χ1n) is 9.59. The summed E-state index contributed by atoms with van der Waals surface area (Å²) in [4.78, 5) is 46.3. The first-order chi connectivity index (χ1) is 14.1. The van der Waals surface area contributed by atoms with Gasteiger partial charge in [-0.3, -0.25) is 9.59 Å². The van der Waals surface area contributed by atoms with Gasteiger partial charge in [0.2, 0.25) is 0 Å². The van der Waals surface area contributed by atoms with E-state index in [1.165, 1.54) is 0 Å². The largest absolute Gasteiger partial charge is 0.463 e. The number of alkyl carbamates (subject to hydrolysis) is 1. The summed E-state index contributed by atoms with van der Waals surface area (Å²) in [6.07, 6.45) is -0.768. The number of carbonyl (C=O) groups is 4. The maximum absolute atomic E-state index is 11.8. The van der Waals surface area contributed by atoms with E-state index in [-0.39, 0.29) is 25.6 Å². The summed E-state index contributed by atoms with van der Waals surface area (Å²) >= 11 is 0. The third-order valence-corrected chi connectivity index (χ3v) is 3.49. The Morgan fingerprint density at radius 1 is 0.967 bits per heavy atom. The standard InChI is InChI=1S/C21H29NO8/c1-15(16-9-6-5-7-10-16)29-17(23)11-8-12-27-19(25)14-28-18(24)13-22-20(26)30-21(2,3)4/h5-7,9-10,15H,8,11-14H2,1-4H3,(H,22,26)/t15-/m1/s1. The van der Waals surface area contributed by atoms with Gasteiger partial charge in [0.25, 0.3) is 0 Å². The second-order valence-corrected chi connectivity index (χ2v) is 7.38. The van der Waals surface area contributed by atoms with Crippen molar-refractivity contribution in [2.75, 3.05) is 19.8 Å². The molecule has 30 heavy (non-hydrogen) atoms. The van der Waals surface area contributed by atoms with E-state index in [2.05, 4.69) is 10.1 Å². The number of hydrogen-bond acceptors (Lipinski definition) is 8. The van der Waals surface area contributed by atoms with Crippen molar-refractivity contribution < 1.29 is 38.1 Å². The smallest absolute Gasteiger partial charge is 0.408 e. The maximum atomic E-state index is 11.8. The van der Waals surface area contributed by atoms with Crippen LogP contribution in [0.2, 0.25) is 0 Å². The monoisotopic (exact) mass is 423 g/mol. The summed E-state index contributed by atoms with van der Waals surface area (Å²) in [5.74, 6) is -1.97. The second-order valence-electron chi connectivity index (χ2n) is 7.38. The van der Waals surface area contributed by atoms with Crippen LogP contribution in [0.15, 0.2) is 30.3 Å². The Labute approximate surface area is 176 Å². The molecule has 0 spiro atoms. The van der Waals surface area contributed by atoms with Crippen LogP contribution in [0, 0.1) is 0 Å². The number of rotatable bonds is 10. The highest BCUT2D eigenvalue weighted by Gasteiger charge is 2.17. The van der Waals surface area contributed by atoms with Crippen LogP contribution in [-0.4, -0.2) is 49.4 Å². The molecule has 0 fully saturated rings. The van der Waals surface area contributed by atoms with Crippen molar-refractivity contribution >= 4 is 24.0 Å². The summed E-state index contributed by atoms with van der Waals surface area (Å²) in [6.45, 7) is 5.79. The molecule has 0 bridgehead atoms. The van der Waals surface area contributed by atoms with E-state index in [9.17, 15) is 19.2 Å². The molecule has 1 N–H and O–H groups in total. The van der Waals surface area contributed by atoms with Crippen molar-refractivity contribution in [2.45, 2.75) is 52.2 Å². The normalized spacial score (nSPS) is 11.7. The zero-order valence-electron chi connectivity index (χ0n) is 17.8. The second kappa shape index (κ2) is 12.5. The molecule has 0 aliphatic carbocycles. The van der Waals surface area contributed by atoms with Gasteiger partial charge >= 0.3 is 24.0 Å². The Morgan fingerprint density at radius 3 is 2.27 bits per heavy atom. The first kappa shape index (κ1) is 24.9. The molecule has 9 nitrogen and oxygen atoms in total. The lowest BCUT2D eigenvalue weighted by atomic mass is 10.1. The Hall–Kier alpha value is -3.10. The van der Waals surface area contributed by atoms with Gasteiger partial charge in [0.1, 0.15) is 18.2 Å². The van der Waals surface area contributed by atoms with Gasteiger partial charge in [0, 0.05) is 6.42 Å². The van der Waals surface area contributed by atoms with Gasteiger partial charge in [0.05, 0.1) is 6.61 Å². The fourth-order valence-corrected chi connectivity index (χ4v) is 2.14. The van der Waals surface area contributed by atoms with Crippen molar-refractivity contribution in [2.24, 2.45) is 0 Å². The average Bonchev–Trinajstić information content (AvgIpc) is 2.67. The molecular formula is C21H29NO8. The Morgan fingerprint density at radius 2 is 1.63 bits per heavy atom. The molecule has 1 aromatic rings. The van der Waals surface area contributed by atoms with Gasteiger partial charge < -0.3 is 24.3 Å². The van der Waals surface area contributed by atoms with E-state index in [1.54, 1.807) is 27.7 Å². The van der Waals surface area contributed by atoms with Crippen LogP contribution in [0.1, 0.15) is 52.2 Å². The molecule has 0 radical (unpaired) electrons. The highest BCUT2D eigenvalue weighted by Crippen LogP contribution is 2.16. The van der Waals surface area contributed by atoms with Gasteiger partial charge in [-0.2, -0.15) is 0 Å². The summed E-state index contributed by atoms with van der Waals surface area (Å²) < 4.78 is 19.8. The van der Waals surface area contributed by atoms with Crippen LogP contribution >= 0.6 is 0 Å². The molecule has 1 amide bonds. The number of ether oxygens (including phenoxy) is 4. The van der Waals surface area contributed by atoms with Crippen LogP contribution in [-0.2, 0) is 33.3 Å². The zero-order chi connectivity index (χ0) is 22.6. The number of hydrogen-bond donors (Lipinski definition) is 1. The number of esters is 3. The van der Waals surface area contributed by atoms with Gasteiger partial charge in [-0.15, -0.1) is 0 Å². The minimum Gasteiger partial charge on any atom is -0.463 e. The van der Waals surface area contributed by atoms with Crippen molar-refractivity contribution in [1.29, 1.82) is 0 Å². The van der Waals surface area contributed by atoms with Gasteiger partial charge in [-0.05, 0) is 39.7 Å². The lowest BCUT2D eigenvalue weighted by Gasteiger charge is -2.19. The van der Waals surface area contributed by atoms with Crippen LogP contribution in [0.25, 0.3) is 0 Å². The summed E-state index contributed by atoms with van der Waals surface area (Å²) in [7, 11) is 0. The molecule has 0 unspecified atom stereocenters. The molecule has 0 aliphatic heterocycles. The third-order valence-electron chi connectivity index (χ3n) is 3.49. The lowest BCUT2D eigenvalue weighted by molar-refractivity contribution is -0.158. The van der Waals surface area contributed by atoms with Gasteiger partial charge in [-0.25, -0.2) is 9.59 Å². The van der Waals surface area contributed by atoms with Crippen LogP contribution in [0.3, 0.4) is 0 Å². The highest BCUT2D eigenvalue weighted by molar-refractivity contribution is 5.80. The molecule has 0 aliphatic rings. The lowest BCUT2D eigenvalue weighted by Crippen LogP contribution is -2.36. The van der Waals surface area contributed by atoms with E-state index in [0.717, 1.165) is 5.56 Å². The molecule has 0 heterocycles. The number of nitrogens with one attached hydrogen (secondary N) is 1. The van der Waals surface area contributed by atoms with E-state index < -0.39 is 42.8 Å². The Balaban J connectivity index is 2.12. The zero-order valence-corrected chi connectivity index (χ0v) is 17.8. The predicted octanol–water partition coefficient (Wildman–Crippen LogP) is 2.68. The molecular weight excluding hydrogens is 394 g/mol. The van der Waals surface area contributed by atoms with E-state index in [4.69, 9.17) is 14.2 Å². The minimum atomic E-state index is -0.809. The number of amides is 1. The quantitative estimate of drug-likeness (QED) is 0.347. The summed E-state index contributed by atoms with van der Waals surface area (Å²) in [5.41, 5.74) is 0.198. The minimum absolute atomic E-state index is 0.0125.